The molecule has 35 heavy (non-hydrogen) atoms. The van der Waals surface area contributed by atoms with Crippen molar-refractivity contribution in [3.05, 3.63) is 64.7 Å². The van der Waals surface area contributed by atoms with Crippen LogP contribution >= 0.6 is 0 Å². The Morgan fingerprint density at radius 3 is 2.83 bits per heavy atom. The first-order valence-electron chi connectivity index (χ1n) is 11.5. The molecule has 1 aromatic carbocycles. The fourth-order valence-electron chi connectivity index (χ4n) is 3.76. The smallest absolute Gasteiger partial charge is 0.261 e. The zero-order valence-electron chi connectivity index (χ0n) is 19.7. The first-order chi connectivity index (χ1) is 17.0. The first-order valence-corrected chi connectivity index (χ1v) is 11.5. The van der Waals surface area contributed by atoms with E-state index in [2.05, 4.69) is 36.9 Å². The van der Waals surface area contributed by atoms with Crippen molar-refractivity contribution in [3.63, 3.8) is 0 Å². The lowest BCUT2D eigenvalue weighted by Gasteiger charge is -2.13. The summed E-state index contributed by atoms with van der Waals surface area (Å²) >= 11 is 0. The number of nitrogens with zero attached hydrogens (tertiary/aromatic N) is 3. The number of nitrogens with one attached hydrogen (secondary N) is 4. The van der Waals surface area contributed by atoms with Gasteiger partial charge in [0.2, 0.25) is 0 Å². The molecule has 0 spiro atoms. The Bertz CT molecular complexity index is 1290. The number of H-pyrrole nitrogens is 2. The van der Waals surface area contributed by atoms with Crippen LogP contribution in [0.25, 0.3) is 10.9 Å². The molecule has 10 nitrogen and oxygen atoms in total. The second-order valence-corrected chi connectivity index (χ2v) is 8.19. The highest BCUT2D eigenvalue weighted by Crippen LogP contribution is 2.22. The summed E-state index contributed by atoms with van der Waals surface area (Å²) in [7, 11) is 1.72. The normalized spacial score (nSPS) is 14.2. The maximum Gasteiger partial charge on any atom is 0.261 e. The lowest BCUT2D eigenvalue weighted by Crippen LogP contribution is -2.13. The summed E-state index contributed by atoms with van der Waals surface area (Å²) in [5, 5.41) is 21.7. The minimum Gasteiger partial charge on any atom is -0.394 e. The molecule has 1 amide bonds. The number of amidine groups is 1. The number of anilines is 2. The molecule has 0 saturated heterocycles. The molecular weight excluding hydrogens is 444 g/mol. The molecule has 0 radical (unpaired) electrons. The molecule has 1 saturated carbocycles. The number of rotatable bonds is 6. The number of hydrogen-bond donors (Lipinski definition) is 5. The van der Waals surface area contributed by atoms with Crippen LogP contribution in [0, 0.1) is 17.2 Å². The number of nitriles is 1. The Balaban J connectivity index is 0.000000363. The van der Waals surface area contributed by atoms with E-state index in [1.165, 1.54) is 25.3 Å². The maximum absolute atomic E-state index is 12.0. The lowest BCUT2D eigenvalue weighted by molar-refractivity contribution is -0.117. The quantitative estimate of drug-likeness (QED) is 0.270. The molecule has 3 aromatic rings. The van der Waals surface area contributed by atoms with E-state index >= 15 is 0 Å². The van der Waals surface area contributed by atoms with Crippen molar-refractivity contribution >= 4 is 34.2 Å². The number of aromatic nitrogens is 3. The van der Waals surface area contributed by atoms with Gasteiger partial charge in [-0.05, 0) is 48.9 Å². The summed E-state index contributed by atoms with van der Waals surface area (Å²) in [5.41, 5.74) is 7.49. The van der Waals surface area contributed by atoms with E-state index in [9.17, 15) is 9.59 Å². The van der Waals surface area contributed by atoms with Crippen molar-refractivity contribution in [3.8, 4) is 6.07 Å². The molecule has 1 aliphatic rings. The largest absolute Gasteiger partial charge is 0.394 e. The minimum absolute atomic E-state index is 0.103. The number of aliphatic imine (C=N–C) groups is 1. The number of fused-ring (bicyclic) bond motifs is 1. The van der Waals surface area contributed by atoms with E-state index < -0.39 is 0 Å². The summed E-state index contributed by atoms with van der Waals surface area (Å²) in [6.07, 6.45) is 11.0. The molecule has 0 bridgehead atoms. The standard InChI is InChI=1S/C18H19N7O2.C7H11N/c1-20-7-6-14(19)23-15(26)10-11-3-2-4-12(9-11)22-17-16-13(24-25-17)5-8-21-18(16)27;8-6-7-4-2-1-3-5-7/h2-9,20H,10H2,1H3,(H,21,27)(H2,19,23,26)(H2,22,24,25);7H,1-5H2/b7-6-;. The summed E-state index contributed by atoms with van der Waals surface area (Å²) in [5.74, 6) is 0.580. The van der Waals surface area contributed by atoms with Crippen molar-refractivity contribution < 1.29 is 4.79 Å². The maximum atomic E-state index is 12.0. The second kappa shape index (κ2) is 12.7. The highest BCUT2D eigenvalue weighted by molar-refractivity contribution is 6.00. The molecule has 2 aromatic heterocycles. The molecule has 1 fully saturated rings. The molecule has 6 N–H and O–H groups in total. The summed E-state index contributed by atoms with van der Waals surface area (Å²) in [6.45, 7) is 0. The van der Waals surface area contributed by atoms with Crippen LogP contribution in [0.2, 0.25) is 0 Å². The van der Waals surface area contributed by atoms with Gasteiger partial charge in [-0.2, -0.15) is 15.4 Å². The Morgan fingerprint density at radius 2 is 2.11 bits per heavy atom. The molecule has 1 aliphatic carbocycles. The Hall–Kier alpha value is -4.39. The molecule has 2 heterocycles. The SMILES string of the molecule is CN/C=C\C(N)=NC(=O)Cc1cccc(Nc2n[nH]c3cc[nH]c(=O)c23)c1.N#CC1CCCCC1. The van der Waals surface area contributed by atoms with Crippen LogP contribution in [0.3, 0.4) is 0 Å². The van der Waals surface area contributed by atoms with Gasteiger partial charge in [-0.3, -0.25) is 14.7 Å². The number of pyridine rings is 1. The molecule has 0 unspecified atom stereocenters. The number of carbonyl (C=O) groups excluding carboxylic acids is 1. The number of amides is 1. The highest BCUT2D eigenvalue weighted by Gasteiger charge is 2.11. The second-order valence-electron chi connectivity index (χ2n) is 8.19. The van der Waals surface area contributed by atoms with Crippen molar-refractivity contribution in [1.29, 1.82) is 5.26 Å². The third-order valence-electron chi connectivity index (χ3n) is 5.49. The van der Waals surface area contributed by atoms with Gasteiger partial charge in [0.15, 0.2) is 5.82 Å². The summed E-state index contributed by atoms with van der Waals surface area (Å²) in [6, 6.07) is 11.3. The van der Waals surface area contributed by atoms with Crippen LogP contribution in [0.4, 0.5) is 11.5 Å². The number of aromatic amines is 2. The third-order valence-corrected chi connectivity index (χ3v) is 5.49. The predicted octanol–water partition coefficient (Wildman–Crippen LogP) is 3.24. The van der Waals surface area contributed by atoms with E-state index in [1.807, 2.05) is 12.1 Å². The van der Waals surface area contributed by atoms with Crippen LogP contribution in [0.5, 0.6) is 0 Å². The Kier molecular flexibility index (Phi) is 9.19. The highest BCUT2D eigenvalue weighted by atomic mass is 16.1. The van der Waals surface area contributed by atoms with E-state index in [0.717, 1.165) is 18.4 Å². The van der Waals surface area contributed by atoms with E-state index in [0.29, 0.717) is 28.3 Å². The molecule has 182 valence electrons. The topological polar surface area (TPSA) is 165 Å². The lowest BCUT2D eigenvalue weighted by atomic mass is 9.91. The summed E-state index contributed by atoms with van der Waals surface area (Å²) < 4.78 is 0. The Morgan fingerprint density at radius 1 is 1.31 bits per heavy atom. The molecular formula is C25H30N8O2. The van der Waals surface area contributed by atoms with E-state index in [1.54, 1.807) is 37.6 Å². The minimum atomic E-state index is -0.355. The van der Waals surface area contributed by atoms with Crippen LogP contribution in [-0.4, -0.2) is 34.0 Å². The number of carbonyl (C=O) groups is 1. The van der Waals surface area contributed by atoms with Gasteiger partial charge in [-0.15, -0.1) is 0 Å². The van der Waals surface area contributed by atoms with Gasteiger partial charge in [0.25, 0.3) is 11.5 Å². The van der Waals surface area contributed by atoms with Gasteiger partial charge in [-0.25, -0.2) is 0 Å². The predicted molar refractivity (Wildman–Crippen MR) is 137 cm³/mol. The van der Waals surface area contributed by atoms with E-state index in [4.69, 9.17) is 11.0 Å². The first kappa shape index (κ1) is 25.2. The van der Waals surface area contributed by atoms with Crippen LogP contribution < -0.4 is 21.9 Å². The van der Waals surface area contributed by atoms with E-state index in [-0.39, 0.29) is 23.7 Å². The zero-order valence-corrected chi connectivity index (χ0v) is 19.7. The number of nitrogens with two attached hydrogens (primary N) is 1. The average Bonchev–Trinajstić information content (AvgIpc) is 3.27. The van der Waals surface area contributed by atoms with Crippen LogP contribution in [0.1, 0.15) is 37.7 Å². The van der Waals surface area contributed by atoms with Gasteiger partial charge >= 0.3 is 0 Å². The molecule has 0 aliphatic heterocycles. The Labute approximate surface area is 203 Å². The van der Waals surface area contributed by atoms with Gasteiger partial charge in [-0.1, -0.05) is 31.4 Å². The van der Waals surface area contributed by atoms with Crippen LogP contribution in [-0.2, 0) is 11.2 Å². The van der Waals surface area contributed by atoms with Crippen molar-refractivity contribution in [2.75, 3.05) is 12.4 Å². The van der Waals surface area contributed by atoms with Gasteiger partial charge < -0.3 is 21.4 Å². The number of hydrogen-bond acceptors (Lipinski definition) is 6. The molecule has 10 heteroatoms. The molecule has 0 atom stereocenters. The zero-order chi connectivity index (χ0) is 25.0. The molecule has 4 rings (SSSR count). The fraction of sp³-hybridized carbons (Fsp3) is 0.320. The van der Waals surface area contributed by atoms with Gasteiger partial charge in [0.1, 0.15) is 11.2 Å². The fourth-order valence-corrected chi connectivity index (χ4v) is 3.76. The average molecular weight is 475 g/mol. The van der Waals surface area contributed by atoms with Gasteiger partial charge in [0, 0.05) is 24.8 Å². The van der Waals surface area contributed by atoms with Gasteiger partial charge in [0.05, 0.1) is 18.0 Å². The van der Waals surface area contributed by atoms with Crippen LogP contribution in [0.15, 0.2) is 58.6 Å². The van der Waals surface area contributed by atoms with Crippen molar-refractivity contribution in [2.45, 2.75) is 38.5 Å². The third kappa shape index (κ3) is 7.57. The monoisotopic (exact) mass is 474 g/mol. The van der Waals surface area contributed by atoms with Crippen molar-refractivity contribution in [1.82, 2.24) is 20.5 Å². The number of benzene rings is 1. The summed E-state index contributed by atoms with van der Waals surface area (Å²) in [4.78, 5) is 30.5. The van der Waals surface area contributed by atoms with Crippen molar-refractivity contribution in [2.24, 2.45) is 16.6 Å².